The molecule has 1 aromatic carbocycles. The van der Waals surface area contributed by atoms with E-state index in [9.17, 15) is 4.79 Å². The van der Waals surface area contributed by atoms with Gasteiger partial charge < -0.3 is 19.9 Å². The Morgan fingerprint density at radius 1 is 1.21 bits per heavy atom. The molecule has 1 aliphatic rings. The van der Waals surface area contributed by atoms with Crippen LogP contribution in [-0.4, -0.2) is 53.5 Å². The quantitative estimate of drug-likeness (QED) is 0.712. The van der Waals surface area contributed by atoms with Crippen molar-refractivity contribution in [3.8, 4) is 5.75 Å². The van der Waals surface area contributed by atoms with Crippen molar-refractivity contribution in [2.24, 2.45) is 0 Å². The van der Waals surface area contributed by atoms with Crippen molar-refractivity contribution < 1.29 is 9.53 Å². The number of carbonyl (C=O) groups excluding carboxylic acids is 1. The van der Waals surface area contributed by atoms with Gasteiger partial charge in [0.05, 0.1) is 0 Å². The molecule has 0 saturated carbocycles. The first-order valence-electron chi connectivity index (χ1n) is 10.1. The lowest BCUT2D eigenvalue weighted by Gasteiger charge is -2.23. The summed E-state index contributed by atoms with van der Waals surface area (Å²) in [5, 5.41) is 2.98. The number of anilines is 1. The summed E-state index contributed by atoms with van der Waals surface area (Å²) in [5.41, 5.74) is 1.80. The van der Waals surface area contributed by atoms with E-state index in [4.69, 9.17) is 4.74 Å². The summed E-state index contributed by atoms with van der Waals surface area (Å²) in [4.78, 5) is 21.0. The summed E-state index contributed by atoms with van der Waals surface area (Å²) in [6, 6.07) is 11.3. The summed E-state index contributed by atoms with van der Waals surface area (Å²) in [6.45, 7) is 7.46. The van der Waals surface area contributed by atoms with Crippen LogP contribution >= 0.6 is 0 Å². The summed E-state index contributed by atoms with van der Waals surface area (Å²) in [6.07, 6.45) is 7.16. The first-order chi connectivity index (χ1) is 13.7. The number of rotatable bonds is 9. The highest BCUT2D eigenvalue weighted by atomic mass is 16.5. The lowest BCUT2D eigenvalue weighted by molar-refractivity contribution is 0.210. The van der Waals surface area contributed by atoms with Gasteiger partial charge in [0.1, 0.15) is 12.4 Å². The van der Waals surface area contributed by atoms with E-state index in [0.717, 1.165) is 36.5 Å². The highest BCUT2D eigenvalue weighted by molar-refractivity contribution is 5.89. The largest absolute Gasteiger partial charge is 0.489 e. The molecule has 1 aliphatic heterocycles. The molecular weight excluding hydrogens is 352 g/mol. The Hall–Kier alpha value is -2.60. The maximum Gasteiger partial charge on any atom is 0.321 e. The summed E-state index contributed by atoms with van der Waals surface area (Å²) in [5.74, 6) is 0.764. The number of aromatic nitrogens is 1. The molecule has 2 aromatic rings. The third-order valence-corrected chi connectivity index (χ3v) is 5.00. The standard InChI is InChI=1S/C22H30N4O2/c1-2-26(16-6-15-25-13-3-4-14-25)22(27)24-20-8-10-21(11-9-20)28-18-19-7-5-12-23-17-19/h5,7-12,17H,2-4,6,13-16,18H2,1H3,(H,24,27). The van der Waals surface area contributed by atoms with Crippen molar-refractivity contribution in [2.75, 3.05) is 38.0 Å². The third kappa shape index (κ3) is 6.23. The fourth-order valence-electron chi connectivity index (χ4n) is 3.38. The van der Waals surface area contributed by atoms with E-state index >= 15 is 0 Å². The van der Waals surface area contributed by atoms with Gasteiger partial charge in [-0.15, -0.1) is 0 Å². The molecule has 6 heteroatoms. The Kier molecular flexibility index (Phi) is 7.67. The van der Waals surface area contributed by atoms with E-state index in [1.165, 1.54) is 25.9 Å². The smallest absolute Gasteiger partial charge is 0.321 e. The number of amides is 2. The van der Waals surface area contributed by atoms with Gasteiger partial charge in [0.25, 0.3) is 0 Å². The molecule has 0 spiro atoms. The third-order valence-electron chi connectivity index (χ3n) is 5.00. The molecule has 1 fully saturated rings. The lowest BCUT2D eigenvalue weighted by Crippen LogP contribution is -2.36. The molecule has 0 unspecified atom stereocenters. The molecule has 6 nitrogen and oxygen atoms in total. The molecule has 1 N–H and O–H groups in total. The van der Waals surface area contributed by atoms with Crippen molar-refractivity contribution in [2.45, 2.75) is 32.8 Å². The fourth-order valence-corrected chi connectivity index (χ4v) is 3.38. The second kappa shape index (κ2) is 10.7. The highest BCUT2D eigenvalue weighted by Crippen LogP contribution is 2.17. The van der Waals surface area contributed by atoms with E-state index in [-0.39, 0.29) is 6.03 Å². The molecule has 150 valence electrons. The van der Waals surface area contributed by atoms with Crippen LogP contribution in [0.5, 0.6) is 5.75 Å². The van der Waals surface area contributed by atoms with E-state index in [0.29, 0.717) is 13.2 Å². The number of nitrogens with zero attached hydrogens (tertiary/aromatic N) is 3. The minimum absolute atomic E-state index is 0.0482. The van der Waals surface area contributed by atoms with Crippen LogP contribution in [0.15, 0.2) is 48.8 Å². The van der Waals surface area contributed by atoms with Crippen LogP contribution in [0.3, 0.4) is 0 Å². The van der Waals surface area contributed by atoms with Crippen molar-refractivity contribution in [3.63, 3.8) is 0 Å². The molecule has 1 aromatic heterocycles. The fraction of sp³-hybridized carbons (Fsp3) is 0.455. The van der Waals surface area contributed by atoms with Gasteiger partial charge in [0, 0.05) is 36.7 Å². The Balaban J connectivity index is 1.43. The van der Waals surface area contributed by atoms with Gasteiger partial charge in [0.2, 0.25) is 0 Å². The van der Waals surface area contributed by atoms with Gasteiger partial charge >= 0.3 is 6.03 Å². The van der Waals surface area contributed by atoms with Crippen LogP contribution in [-0.2, 0) is 6.61 Å². The molecule has 0 bridgehead atoms. The molecule has 1 saturated heterocycles. The SMILES string of the molecule is CCN(CCCN1CCCC1)C(=O)Nc1ccc(OCc2cccnc2)cc1. The minimum atomic E-state index is -0.0482. The number of ether oxygens (including phenoxy) is 1. The highest BCUT2D eigenvalue weighted by Gasteiger charge is 2.14. The second-order valence-electron chi connectivity index (χ2n) is 7.09. The Morgan fingerprint density at radius 3 is 2.68 bits per heavy atom. The lowest BCUT2D eigenvalue weighted by atomic mass is 10.3. The summed E-state index contributed by atoms with van der Waals surface area (Å²) >= 11 is 0. The Bertz CT molecular complexity index is 715. The van der Waals surface area contributed by atoms with E-state index in [1.54, 1.807) is 12.4 Å². The number of urea groups is 1. The average Bonchev–Trinajstić information content (AvgIpc) is 3.25. The van der Waals surface area contributed by atoms with Gasteiger partial charge in [-0.05, 0) is 76.2 Å². The second-order valence-corrected chi connectivity index (χ2v) is 7.09. The van der Waals surface area contributed by atoms with E-state index in [1.807, 2.05) is 48.2 Å². The topological polar surface area (TPSA) is 57.7 Å². The maximum absolute atomic E-state index is 12.5. The zero-order valence-corrected chi connectivity index (χ0v) is 16.6. The Labute approximate surface area is 167 Å². The number of nitrogens with one attached hydrogen (secondary N) is 1. The zero-order valence-electron chi connectivity index (χ0n) is 16.6. The number of carbonyl (C=O) groups is 1. The normalized spacial score (nSPS) is 14.0. The minimum Gasteiger partial charge on any atom is -0.489 e. The molecule has 0 aliphatic carbocycles. The zero-order chi connectivity index (χ0) is 19.6. The average molecular weight is 383 g/mol. The van der Waals surface area contributed by atoms with Gasteiger partial charge in [0.15, 0.2) is 0 Å². The van der Waals surface area contributed by atoms with E-state index < -0.39 is 0 Å². The van der Waals surface area contributed by atoms with Gasteiger partial charge in [-0.3, -0.25) is 4.98 Å². The van der Waals surface area contributed by atoms with Gasteiger partial charge in [-0.2, -0.15) is 0 Å². The maximum atomic E-state index is 12.5. The van der Waals surface area contributed by atoms with Crippen LogP contribution in [0, 0.1) is 0 Å². The van der Waals surface area contributed by atoms with Crippen LogP contribution in [0.25, 0.3) is 0 Å². The molecule has 0 atom stereocenters. The molecule has 28 heavy (non-hydrogen) atoms. The van der Waals surface area contributed by atoms with Crippen molar-refractivity contribution in [1.82, 2.24) is 14.8 Å². The first-order valence-corrected chi connectivity index (χ1v) is 10.1. The van der Waals surface area contributed by atoms with Crippen LogP contribution in [0.2, 0.25) is 0 Å². The van der Waals surface area contributed by atoms with Crippen molar-refractivity contribution in [3.05, 3.63) is 54.4 Å². The van der Waals surface area contributed by atoms with Gasteiger partial charge in [-0.1, -0.05) is 6.07 Å². The predicted molar refractivity (Wildman–Crippen MR) is 112 cm³/mol. The Morgan fingerprint density at radius 2 is 2.00 bits per heavy atom. The number of likely N-dealkylation sites (tertiary alicyclic amines) is 1. The molecular formula is C22H30N4O2. The molecule has 2 amide bonds. The number of pyridine rings is 1. The van der Waals surface area contributed by atoms with Crippen molar-refractivity contribution >= 4 is 11.7 Å². The monoisotopic (exact) mass is 382 g/mol. The van der Waals surface area contributed by atoms with Gasteiger partial charge in [-0.25, -0.2) is 4.79 Å². The van der Waals surface area contributed by atoms with Crippen LogP contribution < -0.4 is 10.1 Å². The van der Waals surface area contributed by atoms with Crippen LogP contribution in [0.1, 0.15) is 31.7 Å². The molecule has 0 radical (unpaired) electrons. The molecule has 2 heterocycles. The van der Waals surface area contributed by atoms with Crippen LogP contribution in [0.4, 0.5) is 10.5 Å². The number of hydrogen-bond acceptors (Lipinski definition) is 4. The summed E-state index contributed by atoms with van der Waals surface area (Å²) in [7, 11) is 0. The predicted octanol–water partition coefficient (Wildman–Crippen LogP) is 4.00. The number of benzene rings is 1. The summed E-state index contributed by atoms with van der Waals surface area (Å²) < 4.78 is 5.75. The molecule has 3 rings (SSSR count). The van der Waals surface area contributed by atoms with E-state index in [2.05, 4.69) is 15.2 Å². The first kappa shape index (κ1) is 20.1. The van der Waals surface area contributed by atoms with Crippen molar-refractivity contribution in [1.29, 1.82) is 0 Å². The number of hydrogen-bond donors (Lipinski definition) is 1.